The Morgan fingerprint density at radius 1 is 1.33 bits per heavy atom. The molecule has 0 spiro atoms. The van der Waals surface area contributed by atoms with Crippen molar-refractivity contribution in [2.75, 3.05) is 0 Å². The molecule has 3 amide bonds. The van der Waals surface area contributed by atoms with Crippen molar-refractivity contribution < 1.29 is 9.59 Å². The average molecular weight is 210 g/mol. The molecule has 1 saturated carbocycles. The Bertz CT molecular complexity index is 254. The van der Waals surface area contributed by atoms with E-state index in [-0.39, 0.29) is 24.0 Å². The van der Waals surface area contributed by atoms with Crippen LogP contribution in [0.3, 0.4) is 0 Å². The first kappa shape index (κ1) is 10.5. The van der Waals surface area contributed by atoms with Gasteiger partial charge in [0.2, 0.25) is 5.91 Å². The number of urea groups is 1. The highest BCUT2D eigenvalue weighted by molar-refractivity contribution is 5.97. The first-order chi connectivity index (χ1) is 7.22. The molecule has 0 aromatic carbocycles. The number of imide groups is 1. The fraction of sp³-hybridized carbons (Fsp3) is 0.818. The minimum atomic E-state index is -0.176. The Kier molecular flexibility index (Phi) is 2.93. The van der Waals surface area contributed by atoms with Crippen LogP contribution < -0.4 is 5.32 Å². The Morgan fingerprint density at radius 2 is 2.00 bits per heavy atom. The van der Waals surface area contributed by atoms with Gasteiger partial charge in [0.25, 0.3) is 0 Å². The summed E-state index contributed by atoms with van der Waals surface area (Å²) in [6.45, 7) is 1.99. The lowest BCUT2D eigenvalue weighted by atomic mass is 10.1. The molecule has 2 aliphatic rings. The van der Waals surface area contributed by atoms with Gasteiger partial charge in [0, 0.05) is 18.5 Å². The SMILES string of the molecule is CCC1CC(=O)N(C2CCCC2)C(=O)N1. The van der Waals surface area contributed by atoms with Crippen LogP contribution in [-0.4, -0.2) is 28.9 Å². The maximum absolute atomic E-state index is 11.8. The van der Waals surface area contributed by atoms with Crippen LogP contribution in [0.5, 0.6) is 0 Å². The molecule has 1 saturated heterocycles. The summed E-state index contributed by atoms with van der Waals surface area (Å²) in [5.41, 5.74) is 0. The van der Waals surface area contributed by atoms with Crippen LogP contribution in [0, 0.1) is 0 Å². The van der Waals surface area contributed by atoms with Crippen molar-refractivity contribution in [2.24, 2.45) is 0 Å². The van der Waals surface area contributed by atoms with Gasteiger partial charge in [-0.2, -0.15) is 0 Å². The maximum atomic E-state index is 11.8. The second-order valence-electron chi connectivity index (χ2n) is 4.46. The first-order valence-corrected chi connectivity index (χ1v) is 5.85. The lowest BCUT2D eigenvalue weighted by molar-refractivity contribution is -0.132. The molecule has 1 aliphatic carbocycles. The molecule has 0 bridgehead atoms. The molecular formula is C11H18N2O2. The molecule has 0 radical (unpaired) electrons. The van der Waals surface area contributed by atoms with Gasteiger partial charge < -0.3 is 5.32 Å². The lowest BCUT2D eigenvalue weighted by Crippen LogP contribution is -2.57. The van der Waals surface area contributed by atoms with Crippen molar-refractivity contribution in [3.63, 3.8) is 0 Å². The van der Waals surface area contributed by atoms with Crippen LogP contribution in [0.1, 0.15) is 45.4 Å². The average Bonchev–Trinajstić information content (AvgIpc) is 2.69. The number of amides is 3. The summed E-state index contributed by atoms with van der Waals surface area (Å²) >= 11 is 0. The smallest absolute Gasteiger partial charge is 0.324 e. The molecule has 2 fully saturated rings. The maximum Gasteiger partial charge on any atom is 0.324 e. The predicted octanol–water partition coefficient (Wildman–Crippen LogP) is 1.65. The van der Waals surface area contributed by atoms with E-state index in [4.69, 9.17) is 0 Å². The molecule has 1 atom stereocenters. The second-order valence-corrected chi connectivity index (χ2v) is 4.46. The van der Waals surface area contributed by atoms with E-state index < -0.39 is 0 Å². The van der Waals surface area contributed by atoms with Gasteiger partial charge in [-0.1, -0.05) is 19.8 Å². The molecule has 84 valence electrons. The van der Waals surface area contributed by atoms with E-state index in [1.165, 1.54) is 4.90 Å². The zero-order valence-electron chi connectivity index (χ0n) is 9.16. The van der Waals surface area contributed by atoms with Gasteiger partial charge >= 0.3 is 6.03 Å². The van der Waals surface area contributed by atoms with Crippen molar-refractivity contribution >= 4 is 11.9 Å². The van der Waals surface area contributed by atoms with E-state index in [1.54, 1.807) is 0 Å². The number of rotatable bonds is 2. The van der Waals surface area contributed by atoms with Crippen LogP contribution in [0.25, 0.3) is 0 Å². The summed E-state index contributed by atoms with van der Waals surface area (Å²) in [7, 11) is 0. The Hall–Kier alpha value is -1.06. The summed E-state index contributed by atoms with van der Waals surface area (Å²) in [5, 5.41) is 2.89. The van der Waals surface area contributed by atoms with Gasteiger partial charge in [0.1, 0.15) is 0 Å². The zero-order chi connectivity index (χ0) is 10.8. The summed E-state index contributed by atoms with van der Waals surface area (Å²) in [6, 6.07) is 0.0305. The molecule has 1 heterocycles. The van der Waals surface area contributed by atoms with Gasteiger partial charge in [0.15, 0.2) is 0 Å². The van der Waals surface area contributed by atoms with Gasteiger partial charge in [-0.05, 0) is 19.3 Å². The first-order valence-electron chi connectivity index (χ1n) is 5.85. The molecule has 15 heavy (non-hydrogen) atoms. The fourth-order valence-corrected chi connectivity index (χ4v) is 2.50. The van der Waals surface area contributed by atoms with Gasteiger partial charge in [-0.15, -0.1) is 0 Å². The molecule has 2 rings (SSSR count). The van der Waals surface area contributed by atoms with E-state index in [1.807, 2.05) is 6.92 Å². The highest BCUT2D eigenvalue weighted by atomic mass is 16.2. The second kappa shape index (κ2) is 4.21. The third-order valence-electron chi connectivity index (χ3n) is 3.42. The highest BCUT2D eigenvalue weighted by Gasteiger charge is 2.36. The van der Waals surface area contributed by atoms with Crippen LogP contribution in [0.2, 0.25) is 0 Å². The quantitative estimate of drug-likeness (QED) is 0.753. The van der Waals surface area contributed by atoms with Crippen molar-refractivity contribution in [3.8, 4) is 0 Å². The summed E-state index contributed by atoms with van der Waals surface area (Å²) in [5.74, 6) is 0.0116. The monoisotopic (exact) mass is 210 g/mol. The molecule has 4 nitrogen and oxygen atoms in total. The minimum absolute atomic E-state index is 0.0116. The summed E-state index contributed by atoms with van der Waals surface area (Å²) in [4.78, 5) is 25.0. The number of hydrogen-bond donors (Lipinski definition) is 1. The molecule has 1 unspecified atom stereocenters. The number of nitrogens with one attached hydrogen (secondary N) is 1. The topological polar surface area (TPSA) is 49.4 Å². The third-order valence-corrected chi connectivity index (χ3v) is 3.42. The van der Waals surface area contributed by atoms with Crippen molar-refractivity contribution in [1.82, 2.24) is 10.2 Å². The molecular weight excluding hydrogens is 192 g/mol. The predicted molar refractivity (Wildman–Crippen MR) is 56.3 cm³/mol. The van der Waals surface area contributed by atoms with E-state index >= 15 is 0 Å². The van der Waals surface area contributed by atoms with Crippen molar-refractivity contribution in [2.45, 2.75) is 57.5 Å². The lowest BCUT2D eigenvalue weighted by Gasteiger charge is -2.34. The molecule has 0 aromatic rings. The number of hydrogen-bond acceptors (Lipinski definition) is 2. The van der Waals surface area contributed by atoms with Crippen molar-refractivity contribution in [1.29, 1.82) is 0 Å². The van der Waals surface area contributed by atoms with E-state index in [0.29, 0.717) is 6.42 Å². The number of carbonyl (C=O) groups is 2. The Balaban J connectivity index is 2.05. The fourth-order valence-electron chi connectivity index (χ4n) is 2.50. The van der Waals surface area contributed by atoms with Crippen LogP contribution >= 0.6 is 0 Å². The van der Waals surface area contributed by atoms with Crippen LogP contribution in [0.4, 0.5) is 4.79 Å². The van der Waals surface area contributed by atoms with E-state index in [2.05, 4.69) is 5.32 Å². The summed E-state index contributed by atoms with van der Waals surface area (Å²) in [6.07, 6.45) is 5.54. The Labute approximate surface area is 90.0 Å². The largest absolute Gasteiger partial charge is 0.334 e. The van der Waals surface area contributed by atoms with E-state index in [0.717, 1.165) is 32.1 Å². The minimum Gasteiger partial charge on any atom is -0.334 e. The molecule has 1 N–H and O–H groups in total. The normalized spacial score (nSPS) is 28.3. The van der Waals surface area contributed by atoms with Gasteiger partial charge in [-0.3, -0.25) is 9.69 Å². The summed E-state index contributed by atoms with van der Waals surface area (Å²) < 4.78 is 0. The van der Waals surface area contributed by atoms with E-state index in [9.17, 15) is 9.59 Å². The molecule has 4 heteroatoms. The van der Waals surface area contributed by atoms with Gasteiger partial charge in [0.05, 0.1) is 0 Å². The standard InChI is InChI=1S/C11H18N2O2/c1-2-8-7-10(14)13(11(15)12-8)9-5-3-4-6-9/h8-9H,2-7H2,1H3,(H,12,15). The molecule has 1 aliphatic heterocycles. The third kappa shape index (κ3) is 1.98. The highest BCUT2D eigenvalue weighted by Crippen LogP contribution is 2.26. The zero-order valence-corrected chi connectivity index (χ0v) is 9.16. The van der Waals surface area contributed by atoms with Crippen LogP contribution in [-0.2, 0) is 4.79 Å². The van der Waals surface area contributed by atoms with Crippen molar-refractivity contribution in [3.05, 3.63) is 0 Å². The molecule has 0 aromatic heterocycles. The van der Waals surface area contributed by atoms with Gasteiger partial charge in [-0.25, -0.2) is 4.79 Å². The van der Waals surface area contributed by atoms with Crippen LogP contribution in [0.15, 0.2) is 0 Å². The number of nitrogens with zero attached hydrogens (tertiary/aromatic N) is 1. The number of carbonyl (C=O) groups excluding carboxylic acids is 2. The Morgan fingerprint density at radius 3 is 2.53 bits per heavy atom.